The number of hydrogen-bond donors (Lipinski definition) is 2. The van der Waals surface area contributed by atoms with Gasteiger partial charge in [-0.2, -0.15) is 0 Å². The Morgan fingerprint density at radius 2 is 1.89 bits per heavy atom. The largest absolute Gasteiger partial charge is 0.399 e. The van der Waals surface area contributed by atoms with E-state index in [-0.39, 0.29) is 11.4 Å². The van der Waals surface area contributed by atoms with E-state index in [1.165, 1.54) is 0 Å². The lowest BCUT2D eigenvalue weighted by atomic mass is 9.94. The Morgan fingerprint density at radius 1 is 1.32 bits per heavy atom. The molecule has 0 atom stereocenters. The molecule has 0 aliphatic carbocycles. The maximum Gasteiger partial charge on any atom is 0.255 e. The van der Waals surface area contributed by atoms with Gasteiger partial charge in [-0.05, 0) is 38.0 Å². The Hall–Kier alpha value is -1.71. The number of carbonyl (C=O) groups is 1. The number of anilines is 2. The smallest absolute Gasteiger partial charge is 0.255 e. The molecular formula is C15H25N3O. The van der Waals surface area contributed by atoms with Gasteiger partial charge in [0.1, 0.15) is 0 Å². The van der Waals surface area contributed by atoms with Crippen LogP contribution in [0.1, 0.15) is 44.0 Å². The lowest BCUT2D eigenvalue weighted by molar-refractivity contribution is 0.0828. The SMILES string of the molecule is CCC(C)(CC)Nc1cc(N)ccc1C(=O)N(C)C. The highest BCUT2D eigenvalue weighted by Crippen LogP contribution is 2.27. The summed E-state index contributed by atoms with van der Waals surface area (Å²) in [6.07, 6.45) is 1.96. The summed E-state index contributed by atoms with van der Waals surface area (Å²) < 4.78 is 0. The van der Waals surface area contributed by atoms with Crippen LogP contribution in [0.3, 0.4) is 0 Å². The van der Waals surface area contributed by atoms with E-state index in [4.69, 9.17) is 5.73 Å². The standard InChI is InChI=1S/C15H25N3O/c1-6-15(3,7-2)17-13-10-11(16)8-9-12(13)14(19)18(4)5/h8-10,17H,6-7,16H2,1-5H3. The van der Waals surface area contributed by atoms with Crippen molar-refractivity contribution in [3.8, 4) is 0 Å². The van der Waals surface area contributed by atoms with Crippen LogP contribution in [0.5, 0.6) is 0 Å². The van der Waals surface area contributed by atoms with Gasteiger partial charge in [-0.3, -0.25) is 4.79 Å². The van der Waals surface area contributed by atoms with Crippen LogP contribution >= 0.6 is 0 Å². The van der Waals surface area contributed by atoms with E-state index in [0.717, 1.165) is 18.5 Å². The van der Waals surface area contributed by atoms with Crippen molar-refractivity contribution >= 4 is 17.3 Å². The van der Waals surface area contributed by atoms with E-state index in [2.05, 4.69) is 26.1 Å². The van der Waals surface area contributed by atoms with Gasteiger partial charge in [-0.1, -0.05) is 13.8 Å². The van der Waals surface area contributed by atoms with Crippen molar-refractivity contribution in [2.45, 2.75) is 39.2 Å². The highest BCUT2D eigenvalue weighted by Gasteiger charge is 2.22. The summed E-state index contributed by atoms with van der Waals surface area (Å²) in [5.74, 6) is -0.0166. The summed E-state index contributed by atoms with van der Waals surface area (Å²) in [5.41, 5.74) is 7.94. The molecule has 0 saturated heterocycles. The summed E-state index contributed by atoms with van der Waals surface area (Å²) in [5, 5.41) is 3.47. The minimum atomic E-state index is -0.0326. The minimum Gasteiger partial charge on any atom is -0.399 e. The summed E-state index contributed by atoms with van der Waals surface area (Å²) in [4.78, 5) is 13.8. The number of benzene rings is 1. The number of nitrogens with two attached hydrogens (primary N) is 1. The zero-order chi connectivity index (χ0) is 14.6. The van der Waals surface area contributed by atoms with Crippen molar-refractivity contribution in [2.24, 2.45) is 0 Å². The van der Waals surface area contributed by atoms with E-state index in [1.807, 2.05) is 6.07 Å². The molecule has 0 aliphatic rings. The minimum absolute atomic E-state index is 0.0166. The highest BCUT2D eigenvalue weighted by molar-refractivity contribution is 6.00. The Kier molecular flexibility index (Phi) is 4.81. The molecule has 106 valence electrons. The molecule has 1 aromatic carbocycles. The van der Waals surface area contributed by atoms with E-state index in [1.54, 1.807) is 31.1 Å². The number of nitrogens with one attached hydrogen (secondary N) is 1. The van der Waals surface area contributed by atoms with Gasteiger partial charge in [0.2, 0.25) is 0 Å². The summed E-state index contributed by atoms with van der Waals surface area (Å²) in [7, 11) is 3.50. The van der Waals surface area contributed by atoms with Gasteiger partial charge in [-0.25, -0.2) is 0 Å². The summed E-state index contributed by atoms with van der Waals surface area (Å²) >= 11 is 0. The number of nitrogens with zero attached hydrogens (tertiary/aromatic N) is 1. The molecular weight excluding hydrogens is 238 g/mol. The van der Waals surface area contributed by atoms with Crippen LogP contribution in [0, 0.1) is 0 Å². The molecule has 0 aromatic heterocycles. The Morgan fingerprint density at radius 3 is 2.37 bits per heavy atom. The maximum atomic E-state index is 12.2. The fourth-order valence-corrected chi connectivity index (χ4v) is 1.84. The first-order chi connectivity index (χ1) is 8.83. The molecule has 0 radical (unpaired) electrons. The van der Waals surface area contributed by atoms with E-state index < -0.39 is 0 Å². The molecule has 0 aliphatic heterocycles. The molecule has 1 amide bonds. The molecule has 4 heteroatoms. The predicted molar refractivity (Wildman–Crippen MR) is 81.5 cm³/mol. The van der Waals surface area contributed by atoms with Crippen LogP contribution in [0.4, 0.5) is 11.4 Å². The summed E-state index contributed by atoms with van der Waals surface area (Å²) in [6, 6.07) is 5.38. The number of nitrogen functional groups attached to an aromatic ring is 1. The van der Waals surface area contributed by atoms with Crippen LogP contribution in [-0.2, 0) is 0 Å². The van der Waals surface area contributed by atoms with Crippen molar-refractivity contribution in [2.75, 3.05) is 25.1 Å². The van der Waals surface area contributed by atoms with Gasteiger partial charge in [-0.15, -0.1) is 0 Å². The first kappa shape index (κ1) is 15.3. The normalized spacial score (nSPS) is 11.2. The van der Waals surface area contributed by atoms with Gasteiger partial charge in [0.05, 0.1) is 5.56 Å². The van der Waals surface area contributed by atoms with Crippen molar-refractivity contribution in [3.05, 3.63) is 23.8 Å². The average molecular weight is 263 g/mol. The predicted octanol–water partition coefficient (Wildman–Crippen LogP) is 2.96. The van der Waals surface area contributed by atoms with Crippen molar-refractivity contribution in [1.82, 2.24) is 4.90 Å². The number of rotatable bonds is 5. The van der Waals surface area contributed by atoms with Crippen LogP contribution in [-0.4, -0.2) is 30.4 Å². The molecule has 1 rings (SSSR count). The van der Waals surface area contributed by atoms with Gasteiger partial charge < -0.3 is 16.0 Å². The van der Waals surface area contributed by atoms with Gasteiger partial charge in [0.25, 0.3) is 5.91 Å². The number of amides is 1. The lowest BCUT2D eigenvalue weighted by Gasteiger charge is -2.31. The molecule has 19 heavy (non-hydrogen) atoms. The van der Waals surface area contributed by atoms with Gasteiger partial charge in [0, 0.05) is 31.0 Å². The maximum absolute atomic E-state index is 12.2. The second-order valence-electron chi connectivity index (χ2n) is 5.40. The Bertz CT molecular complexity index is 451. The monoisotopic (exact) mass is 263 g/mol. The third-order valence-corrected chi connectivity index (χ3v) is 3.68. The second kappa shape index (κ2) is 5.95. The van der Waals surface area contributed by atoms with Crippen LogP contribution in [0.15, 0.2) is 18.2 Å². The second-order valence-corrected chi connectivity index (χ2v) is 5.40. The Labute approximate surface area is 116 Å². The van der Waals surface area contributed by atoms with Gasteiger partial charge in [0.15, 0.2) is 0 Å². The molecule has 0 unspecified atom stereocenters. The molecule has 0 heterocycles. The van der Waals surface area contributed by atoms with Gasteiger partial charge >= 0.3 is 0 Å². The molecule has 0 saturated carbocycles. The zero-order valence-electron chi connectivity index (χ0n) is 12.6. The molecule has 0 fully saturated rings. The van der Waals surface area contributed by atoms with Crippen LogP contribution in [0.25, 0.3) is 0 Å². The van der Waals surface area contributed by atoms with E-state index in [9.17, 15) is 4.79 Å². The van der Waals surface area contributed by atoms with E-state index >= 15 is 0 Å². The van der Waals surface area contributed by atoms with E-state index in [0.29, 0.717) is 11.3 Å². The zero-order valence-corrected chi connectivity index (χ0v) is 12.6. The highest BCUT2D eigenvalue weighted by atomic mass is 16.2. The van der Waals surface area contributed by atoms with Crippen LogP contribution < -0.4 is 11.1 Å². The molecule has 0 bridgehead atoms. The molecule has 3 N–H and O–H groups in total. The topological polar surface area (TPSA) is 58.4 Å². The van der Waals surface area contributed by atoms with Crippen molar-refractivity contribution in [1.29, 1.82) is 0 Å². The van der Waals surface area contributed by atoms with Crippen molar-refractivity contribution < 1.29 is 4.79 Å². The third-order valence-electron chi connectivity index (χ3n) is 3.68. The number of carbonyl (C=O) groups excluding carboxylic acids is 1. The first-order valence-corrected chi connectivity index (χ1v) is 6.72. The Balaban J connectivity index is 3.18. The average Bonchev–Trinajstić information content (AvgIpc) is 2.38. The molecule has 4 nitrogen and oxygen atoms in total. The van der Waals surface area contributed by atoms with Crippen molar-refractivity contribution in [3.63, 3.8) is 0 Å². The number of hydrogen-bond acceptors (Lipinski definition) is 3. The molecule has 0 spiro atoms. The first-order valence-electron chi connectivity index (χ1n) is 6.72. The fraction of sp³-hybridized carbons (Fsp3) is 0.533. The fourth-order valence-electron chi connectivity index (χ4n) is 1.84. The third kappa shape index (κ3) is 3.63. The molecule has 1 aromatic rings. The quantitative estimate of drug-likeness (QED) is 0.803. The lowest BCUT2D eigenvalue weighted by Crippen LogP contribution is -2.34. The summed E-state index contributed by atoms with van der Waals surface area (Å²) in [6.45, 7) is 6.42. The van der Waals surface area contributed by atoms with Crippen LogP contribution in [0.2, 0.25) is 0 Å².